The van der Waals surface area contributed by atoms with Crippen LogP contribution in [-0.4, -0.2) is 36.6 Å². The smallest absolute Gasteiger partial charge is 1.00 e. The van der Waals surface area contributed by atoms with Gasteiger partial charge in [0.2, 0.25) is 0 Å². The number of nitrogens with one attached hydrogen (secondary N) is 1. The van der Waals surface area contributed by atoms with Gasteiger partial charge in [-0.2, -0.15) is 0 Å². The second-order valence-corrected chi connectivity index (χ2v) is 3.75. The summed E-state index contributed by atoms with van der Waals surface area (Å²) in [5.41, 5.74) is 0.318. The summed E-state index contributed by atoms with van der Waals surface area (Å²) in [6.07, 6.45) is 0. The van der Waals surface area contributed by atoms with Gasteiger partial charge < -0.3 is 6.74 Å². The minimum absolute atomic E-state index is 0. The van der Waals surface area contributed by atoms with Gasteiger partial charge in [0.05, 0.1) is 0 Å². The number of piperazine rings is 1. The Bertz CT molecular complexity index is 118. The van der Waals surface area contributed by atoms with Crippen molar-refractivity contribution in [3.8, 4) is 0 Å². The monoisotopic (exact) mass is 150 g/mol. The molecule has 0 aromatic carbocycles. The minimum Gasteiger partial charge on any atom is -1.00 e. The Morgan fingerprint density at radius 1 is 1.55 bits per heavy atom. The van der Waals surface area contributed by atoms with Crippen LogP contribution in [0, 0.1) is 0 Å². The minimum atomic E-state index is 0. The van der Waals surface area contributed by atoms with Crippen molar-refractivity contribution in [2.75, 3.05) is 20.1 Å². The van der Waals surface area contributed by atoms with E-state index in [4.69, 9.17) is 0 Å². The fourth-order valence-corrected chi connectivity index (χ4v) is 1.32. The van der Waals surface area contributed by atoms with E-state index >= 15 is 0 Å². The molecule has 0 radical (unpaired) electrons. The van der Waals surface area contributed by atoms with Crippen LogP contribution in [0.3, 0.4) is 0 Å². The Kier molecular flexibility index (Phi) is 4.14. The van der Waals surface area contributed by atoms with Crippen LogP contribution in [0.25, 0.3) is 0 Å². The van der Waals surface area contributed by atoms with Crippen molar-refractivity contribution in [1.29, 1.82) is 0 Å². The Morgan fingerprint density at radius 3 is 2.45 bits per heavy atom. The Labute approximate surface area is 83.4 Å². The van der Waals surface area contributed by atoms with E-state index in [-0.39, 0.29) is 20.3 Å². The van der Waals surface area contributed by atoms with E-state index in [1.807, 2.05) is 0 Å². The molecule has 1 saturated heterocycles. The largest absolute Gasteiger partial charge is 1.00 e. The summed E-state index contributed by atoms with van der Waals surface area (Å²) in [5.74, 6) is 0. The summed E-state index contributed by atoms with van der Waals surface area (Å²) >= 11 is 0. The molecule has 0 spiro atoms. The first-order chi connectivity index (χ1) is 4.55. The summed E-state index contributed by atoms with van der Waals surface area (Å²) in [6, 6.07) is 0.603. The van der Waals surface area contributed by atoms with Crippen molar-refractivity contribution in [2.45, 2.75) is 32.4 Å². The number of hydrogen-bond acceptors (Lipinski definition) is 2. The fraction of sp³-hybridized carbons (Fsp3) is 1.00. The van der Waals surface area contributed by atoms with Crippen molar-refractivity contribution < 1.29 is 20.3 Å². The average molecular weight is 150 g/mol. The zero-order valence-corrected chi connectivity index (χ0v) is 8.44. The predicted octanol–water partition coefficient (Wildman–Crippen LogP) is -2.19. The molecule has 0 bridgehead atoms. The van der Waals surface area contributed by atoms with Crippen molar-refractivity contribution in [3.05, 3.63) is 0 Å². The Balaban J connectivity index is 0. The summed E-state index contributed by atoms with van der Waals surface area (Å²) in [4.78, 5) is 2.41. The Morgan fingerprint density at radius 2 is 2.09 bits per heavy atom. The summed E-state index contributed by atoms with van der Waals surface area (Å²) in [6.45, 7) is 9.10. The molecular formula is C8H19LiN2. The molecule has 1 unspecified atom stereocenters. The van der Waals surface area contributed by atoms with Gasteiger partial charge in [-0.25, -0.2) is 0 Å². The van der Waals surface area contributed by atoms with Gasteiger partial charge in [0.1, 0.15) is 0 Å². The SMILES string of the molecule is CC1NCCN(C)C1(C)C.[H-].[Li+]. The van der Waals surface area contributed by atoms with Gasteiger partial charge in [-0.05, 0) is 27.8 Å². The number of likely N-dealkylation sites (N-methyl/N-ethyl adjacent to an activating group) is 1. The first-order valence-corrected chi connectivity index (χ1v) is 4.00. The predicted molar refractivity (Wildman–Crippen MR) is 45.3 cm³/mol. The van der Waals surface area contributed by atoms with Crippen LogP contribution in [0.5, 0.6) is 0 Å². The van der Waals surface area contributed by atoms with Gasteiger partial charge in [0.15, 0.2) is 0 Å². The van der Waals surface area contributed by atoms with E-state index < -0.39 is 0 Å². The normalized spacial score (nSPS) is 31.1. The van der Waals surface area contributed by atoms with Crippen LogP contribution in [0.15, 0.2) is 0 Å². The van der Waals surface area contributed by atoms with Gasteiger partial charge in [-0.1, -0.05) is 0 Å². The van der Waals surface area contributed by atoms with Crippen LogP contribution in [0.4, 0.5) is 0 Å². The number of nitrogens with zero attached hydrogens (tertiary/aromatic N) is 1. The molecule has 1 atom stereocenters. The first-order valence-electron chi connectivity index (χ1n) is 4.00. The molecular weight excluding hydrogens is 131 g/mol. The van der Waals surface area contributed by atoms with Crippen LogP contribution in [0.2, 0.25) is 0 Å². The van der Waals surface area contributed by atoms with Crippen LogP contribution < -0.4 is 24.2 Å². The van der Waals surface area contributed by atoms with Crippen LogP contribution in [-0.2, 0) is 0 Å². The van der Waals surface area contributed by atoms with Crippen molar-refractivity contribution in [2.24, 2.45) is 0 Å². The summed E-state index contributed by atoms with van der Waals surface area (Å²) in [5, 5.41) is 3.46. The maximum atomic E-state index is 3.46. The summed E-state index contributed by atoms with van der Waals surface area (Å²) in [7, 11) is 2.19. The number of rotatable bonds is 0. The van der Waals surface area contributed by atoms with Gasteiger partial charge >= 0.3 is 18.9 Å². The molecule has 1 heterocycles. The molecule has 2 nitrogen and oxygen atoms in total. The Hall–Kier alpha value is 0.517. The molecule has 3 heteroatoms. The van der Waals surface area contributed by atoms with E-state index in [1.165, 1.54) is 0 Å². The second-order valence-electron chi connectivity index (χ2n) is 3.75. The van der Waals surface area contributed by atoms with E-state index in [9.17, 15) is 0 Å². The summed E-state index contributed by atoms with van der Waals surface area (Å²) < 4.78 is 0. The molecule has 0 aliphatic carbocycles. The van der Waals surface area contributed by atoms with E-state index in [2.05, 4.69) is 38.0 Å². The van der Waals surface area contributed by atoms with Gasteiger partial charge in [-0.15, -0.1) is 0 Å². The zero-order valence-electron chi connectivity index (χ0n) is 9.44. The molecule has 1 aliphatic heterocycles. The third-order valence-corrected chi connectivity index (χ3v) is 2.94. The molecule has 1 N–H and O–H groups in total. The molecule has 62 valence electrons. The van der Waals surface area contributed by atoms with E-state index in [0.29, 0.717) is 11.6 Å². The molecule has 11 heavy (non-hydrogen) atoms. The standard InChI is InChI=1S/C8H18N2.Li.H/c1-7-8(2,3)10(4)6-5-9-7;;/h7,9H,5-6H2,1-4H3;;/q;+1;-1. The third kappa shape index (κ3) is 2.23. The van der Waals surface area contributed by atoms with Crippen molar-refractivity contribution >= 4 is 0 Å². The third-order valence-electron chi connectivity index (χ3n) is 2.94. The van der Waals surface area contributed by atoms with Crippen LogP contribution in [0.1, 0.15) is 22.2 Å². The fourth-order valence-electron chi connectivity index (χ4n) is 1.32. The molecule has 1 fully saturated rings. The number of hydrogen-bond donors (Lipinski definition) is 1. The van der Waals surface area contributed by atoms with Crippen molar-refractivity contribution in [3.63, 3.8) is 0 Å². The molecule has 0 saturated carbocycles. The van der Waals surface area contributed by atoms with Gasteiger partial charge in [0.25, 0.3) is 0 Å². The molecule has 1 aliphatic rings. The van der Waals surface area contributed by atoms with E-state index in [1.54, 1.807) is 0 Å². The molecule has 0 aromatic heterocycles. The zero-order chi connectivity index (χ0) is 7.78. The quantitative estimate of drug-likeness (QED) is 0.394. The van der Waals surface area contributed by atoms with Crippen LogP contribution >= 0.6 is 0 Å². The van der Waals surface area contributed by atoms with Gasteiger partial charge in [-0.3, -0.25) is 4.90 Å². The van der Waals surface area contributed by atoms with E-state index in [0.717, 1.165) is 13.1 Å². The molecule has 1 rings (SSSR count). The second kappa shape index (κ2) is 3.96. The molecule has 0 aromatic rings. The van der Waals surface area contributed by atoms with Crippen molar-refractivity contribution in [1.82, 2.24) is 10.2 Å². The maximum absolute atomic E-state index is 3.46. The molecule has 0 amide bonds. The maximum Gasteiger partial charge on any atom is 1.00 e. The van der Waals surface area contributed by atoms with Gasteiger partial charge in [0, 0.05) is 24.7 Å². The average Bonchev–Trinajstić information content (AvgIpc) is 1.84. The first kappa shape index (κ1) is 11.5. The topological polar surface area (TPSA) is 15.3 Å².